The first-order valence-corrected chi connectivity index (χ1v) is 5.03. The minimum Gasteiger partial charge on any atom is -0.475 e. The third kappa shape index (κ3) is 1.91. The lowest BCUT2D eigenvalue weighted by Gasteiger charge is -2.02. The van der Waals surface area contributed by atoms with E-state index in [0.29, 0.717) is 6.61 Å². The highest BCUT2D eigenvalue weighted by atomic mass is 16.5. The van der Waals surface area contributed by atoms with Gasteiger partial charge >= 0.3 is 11.7 Å². The van der Waals surface area contributed by atoms with Crippen LogP contribution in [-0.4, -0.2) is 44.3 Å². The van der Waals surface area contributed by atoms with Gasteiger partial charge in [0.1, 0.15) is 5.52 Å². The van der Waals surface area contributed by atoms with Gasteiger partial charge in [-0.1, -0.05) is 0 Å². The van der Waals surface area contributed by atoms with Gasteiger partial charge in [-0.25, -0.2) is 19.6 Å². The Morgan fingerprint density at radius 1 is 1.56 bits per heavy atom. The van der Waals surface area contributed by atoms with Crippen molar-refractivity contribution in [3.8, 4) is 0 Å². The van der Waals surface area contributed by atoms with Crippen molar-refractivity contribution in [1.82, 2.24) is 19.5 Å². The Morgan fingerprint density at radius 2 is 2.28 bits per heavy atom. The molecule has 2 rings (SSSR count). The van der Waals surface area contributed by atoms with Crippen LogP contribution in [0.2, 0.25) is 0 Å². The first-order valence-electron chi connectivity index (χ1n) is 5.03. The number of methoxy groups -OCH3 is 1. The summed E-state index contributed by atoms with van der Waals surface area (Å²) in [4.78, 5) is 32.3. The second-order valence-corrected chi connectivity index (χ2v) is 3.51. The number of hydrogen-bond acceptors (Lipinski definition) is 6. The molecule has 2 aromatic rings. The Kier molecular flexibility index (Phi) is 2.98. The zero-order valence-corrected chi connectivity index (χ0v) is 9.51. The molecule has 0 amide bonds. The highest BCUT2D eigenvalue weighted by Gasteiger charge is 2.16. The SMILES string of the molecule is COCCn1c(=O)[nH]c2c(N)nc(C(=O)O)nc21. The number of carbonyl (C=O) groups is 1. The third-order valence-corrected chi connectivity index (χ3v) is 2.36. The van der Waals surface area contributed by atoms with Crippen molar-refractivity contribution in [3.05, 3.63) is 16.3 Å². The van der Waals surface area contributed by atoms with E-state index < -0.39 is 17.5 Å². The molecule has 0 atom stereocenters. The highest BCUT2D eigenvalue weighted by molar-refractivity contribution is 5.89. The number of nitrogen functional groups attached to an aromatic ring is 1. The predicted octanol–water partition coefficient (Wildman–Crippen LogP) is -0.954. The summed E-state index contributed by atoms with van der Waals surface area (Å²) in [5.74, 6) is -1.84. The van der Waals surface area contributed by atoms with Gasteiger partial charge in [-0.05, 0) is 0 Å². The number of nitrogens with two attached hydrogens (primary N) is 1. The molecule has 0 radical (unpaired) electrons. The summed E-state index contributed by atoms with van der Waals surface area (Å²) in [6, 6.07) is 0. The van der Waals surface area contributed by atoms with Crippen molar-refractivity contribution >= 4 is 23.0 Å². The molecule has 0 aromatic carbocycles. The van der Waals surface area contributed by atoms with Gasteiger partial charge in [0.15, 0.2) is 11.5 Å². The molecule has 2 aromatic heterocycles. The molecule has 2 heterocycles. The monoisotopic (exact) mass is 253 g/mol. The van der Waals surface area contributed by atoms with Crippen molar-refractivity contribution in [1.29, 1.82) is 0 Å². The van der Waals surface area contributed by atoms with Crippen LogP contribution in [0.4, 0.5) is 5.82 Å². The molecule has 4 N–H and O–H groups in total. The van der Waals surface area contributed by atoms with E-state index in [2.05, 4.69) is 15.0 Å². The van der Waals surface area contributed by atoms with Crippen LogP contribution in [0.15, 0.2) is 4.79 Å². The Bertz CT molecular complexity index is 659. The Hall–Kier alpha value is -2.42. The fourth-order valence-electron chi connectivity index (χ4n) is 1.54. The fourth-order valence-corrected chi connectivity index (χ4v) is 1.54. The van der Waals surface area contributed by atoms with Crippen molar-refractivity contribution < 1.29 is 14.6 Å². The number of carboxylic acids is 1. The minimum absolute atomic E-state index is 0.0781. The zero-order valence-electron chi connectivity index (χ0n) is 9.51. The molecule has 9 nitrogen and oxygen atoms in total. The molecule has 0 aliphatic heterocycles. The minimum atomic E-state index is -1.31. The molecular formula is C9H11N5O4. The van der Waals surface area contributed by atoms with E-state index in [4.69, 9.17) is 15.6 Å². The summed E-state index contributed by atoms with van der Waals surface area (Å²) in [5, 5.41) is 8.84. The normalized spacial score (nSPS) is 10.9. The molecule has 96 valence electrons. The second-order valence-electron chi connectivity index (χ2n) is 3.51. The number of ether oxygens (including phenoxy) is 1. The van der Waals surface area contributed by atoms with Gasteiger partial charge in [0.25, 0.3) is 0 Å². The standard InChI is InChI=1S/C9H11N5O4/c1-18-3-2-14-7-4(11-9(14)17)5(10)12-6(13-7)8(15)16/h2-3H2,1H3,(H,11,17)(H,15,16)(H2,10,12,13). The molecule has 9 heteroatoms. The maximum Gasteiger partial charge on any atom is 0.374 e. The number of aromatic nitrogens is 4. The number of imidazole rings is 1. The largest absolute Gasteiger partial charge is 0.475 e. The van der Waals surface area contributed by atoms with Crippen LogP contribution in [0.1, 0.15) is 10.6 Å². The quantitative estimate of drug-likeness (QED) is 0.638. The topological polar surface area (TPSA) is 136 Å². The van der Waals surface area contributed by atoms with Crippen molar-refractivity contribution in [2.75, 3.05) is 19.5 Å². The molecule has 0 spiro atoms. The lowest BCUT2D eigenvalue weighted by Crippen LogP contribution is -2.19. The molecule has 18 heavy (non-hydrogen) atoms. The number of hydrogen-bond donors (Lipinski definition) is 3. The van der Waals surface area contributed by atoms with Crippen molar-refractivity contribution in [2.45, 2.75) is 6.54 Å². The van der Waals surface area contributed by atoms with E-state index >= 15 is 0 Å². The number of anilines is 1. The molecule has 0 fully saturated rings. The van der Waals surface area contributed by atoms with E-state index in [1.807, 2.05) is 0 Å². The number of carboxylic acid groups (broad SMARTS) is 1. The van der Waals surface area contributed by atoms with Crippen LogP contribution >= 0.6 is 0 Å². The second kappa shape index (κ2) is 4.45. The van der Waals surface area contributed by atoms with Gasteiger partial charge in [-0.15, -0.1) is 0 Å². The Balaban J connectivity index is 2.67. The molecule has 0 unspecified atom stereocenters. The number of rotatable bonds is 4. The van der Waals surface area contributed by atoms with E-state index in [0.717, 1.165) is 0 Å². The number of H-pyrrole nitrogens is 1. The fraction of sp³-hybridized carbons (Fsp3) is 0.333. The van der Waals surface area contributed by atoms with Crippen LogP contribution in [0.5, 0.6) is 0 Å². The lowest BCUT2D eigenvalue weighted by molar-refractivity contribution is 0.0684. The smallest absolute Gasteiger partial charge is 0.374 e. The van der Waals surface area contributed by atoms with Crippen molar-refractivity contribution in [3.63, 3.8) is 0 Å². The maximum absolute atomic E-state index is 11.7. The summed E-state index contributed by atoms with van der Waals surface area (Å²) in [6.45, 7) is 0.532. The molecule has 0 bridgehead atoms. The molecule has 0 saturated heterocycles. The molecule has 0 saturated carbocycles. The molecular weight excluding hydrogens is 242 g/mol. The summed E-state index contributed by atoms with van der Waals surface area (Å²) >= 11 is 0. The predicted molar refractivity (Wildman–Crippen MR) is 61.4 cm³/mol. The average molecular weight is 253 g/mol. The van der Waals surface area contributed by atoms with E-state index in [9.17, 15) is 9.59 Å². The van der Waals surface area contributed by atoms with Crippen LogP contribution < -0.4 is 11.4 Å². The number of aromatic amines is 1. The van der Waals surface area contributed by atoms with Gasteiger partial charge in [0.05, 0.1) is 13.2 Å². The lowest BCUT2D eigenvalue weighted by atomic mass is 10.4. The van der Waals surface area contributed by atoms with Gasteiger partial charge in [0.2, 0.25) is 5.82 Å². The van der Waals surface area contributed by atoms with Gasteiger partial charge in [0, 0.05) is 7.11 Å². The van der Waals surface area contributed by atoms with Crippen LogP contribution in [0.3, 0.4) is 0 Å². The van der Waals surface area contributed by atoms with Crippen LogP contribution in [0, 0.1) is 0 Å². The first-order chi connectivity index (χ1) is 8.54. The van der Waals surface area contributed by atoms with E-state index in [1.165, 1.54) is 11.7 Å². The molecule has 0 aliphatic rings. The number of nitrogens with zero attached hydrogens (tertiary/aromatic N) is 3. The summed E-state index contributed by atoms with van der Waals surface area (Å²) < 4.78 is 6.12. The zero-order chi connectivity index (χ0) is 13.3. The van der Waals surface area contributed by atoms with Crippen LogP contribution in [-0.2, 0) is 11.3 Å². The first kappa shape index (κ1) is 12.0. The number of fused-ring (bicyclic) bond motifs is 1. The van der Waals surface area contributed by atoms with Gasteiger partial charge in [-0.3, -0.25) is 4.57 Å². The average Bonchev–Trinajstić information content (AvgIpc) is 2.63. The molecule has 0 aliphatic carbocycles. The Labute approximate surface area is 100 Å². The summed E-state index contributed by atoms with van der Waals surface area (Å²) in [7, 11) is 1.49. The van der Waals surface area contributed by atoms with E-state index in [1.54, 1.807) is 0 Å². The number of aromatic carboxylic acids is 1. The van der Waals surface area contributed by atoms with Crippen LogP contribution in [0.25, 0.3) is 11.2 Å². The summed E-state index contributed by atoms with van der Waals surface area (Å²) in [6.07, 6.45) is 0. The highest BCUT2D eigenvalue weighted by Crippen LogP contribution is 2.13. The van der Waals surface area contributed by atoms with Gasteiger partial charge in [-0.2, -0.15) is 0 Å². The Morgan fingerprint density at radius 3 is 2.89 bits per heavy atom. The number of nitrogens with one attached hydrogen (secondary N) is 1. The third-order valence-electron chi connectivity index (χ3n) is 2.36. The van der Waals surface area contributed by atoms with Crippen molar-refractivity contribution in [2.24, 2.45) is 0 Å². The van der Waals surface area contributed by atoms with Gasteiger partial charge < -0.3 is 20.6 Å². The summed E-state index contributed by atoms with van der Waals surface area (Å²) in [5.41, 5.74) is 5.52. The van der Waals surface area contributed by atoms with E-state index in [-0.39, 0.29) is 23.5 Å². The maximum atomic E-state index is 11.7.